The van der Waals surface area contributed by atoms with Crippen molar-refractivity contribution in [2.24, 2.45) is 0 Å². The standard InChI is InChI=1S/C14H26N6O2S/c1-2-5-19-7-9-20(10-8-19)6-3-4-18-23(21,22)13-11-16-14(15)17-12-13/h11-12,18H,2-10H2,1H3,(H2,15,16,17). The van der Waals surface area contributed by atoms with Crippen LogP contribution in [0.1, 0.15) is 19.8 Å². The van der Waals surface area contributed by atoms with E-state index in [-0.39, 0.29) is 10.8 Å². The molecule has 3 N–H and O–H groups in total. The van der Waals surface area contributed by atoms with Gasteiger partial charge in [-0.15, -0.1) is 0 Å². The molecule has 2 rings (SSSR count). The lowest BCUT2D eigenvalue weighted by Gasteiger charge is -2.34. The van der Waals surface area contributed by atoms with E-state index in [4.69, 9.17) is 5.73 Å². The van der Waals surface area contributed by atoms with Crippen molar-refractivity contribution in [1.82, 2.24) is 24.5 Å². The second-order valence-corrected chi connectivity index (χ2v) is 7.48. The van der Waals surface area contributed by atoms with E-state index < -0.39 is 10.0 Å². The monoisotopic (exact) mass is 342 g/mol. The van der Waals surface area contributed by atoms with Crippen LogP contribution >= 0.6 is 0 Å². The van der Waals surface area contributed by atoms with E-state index in [2.05, 4.69) is 31.4 Å². The van der Waals surface area contributed by atoms with Crippen molar-refractivity contribution < 1.29 is 8.42 Å². The normalized spacial score (nSPS) is 17.4. The van der Waals surface area contributed by atoms with Gasteiger partial charge in [-0.25, -0.2) is 23.1 Å². The van der Waals surface area contributed by atoms with E-state index >= 15 is 0 Å². The van der Waals surface area contributed by atoms with Crippen LogP contribution in [0.3, 0.4) is 0 Å². The fraction of sp³-hybridized carbons (Fsp3) is 0.714. The second-order valence-electron chi connectivity index (χ2n) is 5.71. The van der Waals surface area contributed by atoms with Crippen LogP contribution in [-0.4, -0.2) is 74.0 Å². The lowest BCUT2D eigenvalue weighted by molar-refractivity contribution is 0.132. The van der Waals surface area contributed by atoms with Crippen LogP contribution in [0, 0.1) is 0 Å². The molecule has 1 aromatic rings. The molecule has 1 fully saturated rings. The van der Waals surface area contributed by atoms with Gasteiger partial charge in [0, 0.05) is 32.7 Å². The summed E-state index contributed by atoms with van der Waals surface area (Å²) in [5.74, 6) is 0.0613. The highest BCUT2D eigenvalue weighted by Crippen LogP contribution is 2.06. The van der Waals surface area contributed by atoms with Gasteiger partial charge < -0.3 is 15.5 Å². The molecular formula is C14H26N6O2S. The van der Waals surface area contributed by atoms with Crippen molar-refractivity contribution in [1.29, 1.82) is 0 Å². The van der Waals surface area contributed by atoms with Crippen LogP contribution in [0.25, 0.3) is 0 Å². The summed E-state index contributed by atoms with van der Waals surface area (Å²) in [6, 6.07) is 0. The van der Waals surface area contributed by atoms with Gasteiger partial charge in [0.05, 0.1) is 12.4 Å². The number of piperazine rings is 1. The molecule has 0 saturated carbocycles. The molecule has 2 heterocycles. The molecule has 0 atom stereocenters. The first kappa shape index (κ1) is 18.1. The highest BCUT2D eigenvalue weighted by Gasteiger charge is 2.17. The summed E-state index contributed by atoms with van der Waals surface area (Å²) in [5, 5.41) is 0. The van der Waals surface area contributed by atoms with Crippen molar-refractivity contribution in [2.75, 3.05) is 51.5 Å². The summed E-state index contributed by atoms with van der Waals surface area (Å²) in [6.45, 7) is 8.98. The van der Waals surface area contributed by atoms with E-state index in [1.165, 1.54) is 18.8 Å². The molecule has 1 aliphatic rings. The van der Waals surface area contributed by atoms with Crippen molar-refractivity contribution in [2.45, 2.75) is 24.7 Å². The minimum absolute atomic E-state index is 0.0416. The number of anilines is 1. The third-order valence-electron chi connectivity index (χ3n) is 3.91. The van der Waals surface area contributed by atoms with Crippen LogP contribution in [0.2, 0.25) is 0 Å². The predicted octanol–water partition coefficient (Wildman–Crippen LogP) is -0.245. The quantitative estimate of drug-likeness (QED) is 0.628. The molecule has 0 amide bonds. The summed E-state index contributed by atoms with van der Waals surface area (Å²) in [7, 11) is -3.55. The van der Waals surface area contributed by atoms with Gasteiger partial charge in [0.15, 0.2) is 0 Å². The Labute approximate surface area is 138 Å². The number of nitrogen functional groups attached to an aromatic ring is 1. The Bertz CT molecular complexity index is 569. The number of nitrogens with one attached hydrogen (secondary N) is 1. The Hall–Kier alpha value is -1.29. The number of nitrogens with zero attached hydrogens (tertiary/aromatic N) is 4. The fourth-order valence-electron chi connectivity index (χ4n) is 2.61. The van der Waals surface area contributed by atoms with Gasteiger partial charge >= 0.3 is 0 Å². The van der Waals surface area contributed by atoms with Crippen LogP contribution < -0.4 is 10.5 Å². The third-order valence-corrected chi connectivity index (χ3v) is 5.32. The van der Waals surface area contributed by atoms with Crippen molar-refractivity contribution >= 4 is 16.0 Å². The molecule has 0 spiro atoms. The Morgan fingerprint density at radius 2 is 1.70 bits per heavy atom. The maximum atomic E-state index is 12.1. The average Bonchev–Trinajstić information content (AvgIpc) is 2.54. The average molecular weight is 342 g/mol. The van der Waals surface area contributed by atoms with Gasteiger partial charge in [0.2, 0.25) is 16.0 Å². The Morgan fingerprint density at radius 1 is 1.13 bits per heavy atom. The van der Waals surface area contributed by atoms with Crippen LogP contribution in [-0.2, 0) is 10.0 Å². The molecule has 1 saturated heterocycles. The molecule has 0 radical (unpaired) electrons. The minimum Gasteiger partial charge on any atom is -0.368 e. The topological polar surface area (TPSA) is 104 Å². The van der Waals surface area contributed by atoms with Gasteiger partial charge in [-0.3, -0.25) is 0 Å². The number of hydrogen-bond acceptors (Lipinski definition) is 7. The molecule has 9 heteroatoms. The summed E-state index contributed by atoms with van der Waals surface area (Å²) >= 11 is 0. The molecule has 1 aliphatic heterocycles. The number of nitrogens with two attached hydrogens (primary N) is 1. The van der Waals surface area contributed by atoms with E-state index in [0.29, 0.717) is 6.54 Å². The predicted molar refractivity (Wildman–Crippen MR) is 89.4 cm³/mol. The molecule has 0 bridgehead atoms. The Balaban J connectivity index is 1.68. The SMILES string of the molecule is CCCN1CCN(CCCNS(=O)(=O)c2cnc(N)nc2)CC1. The summed E-state index contributed by atoms with van der Waals surface area (Å²) in [4.78, 5) is 12.3. The summed E-state index contributed by atoms with van der Waals surface area (Å²) in [6.07, 6.45) is 4.41. The van der Waals surface area contributed by atoms with E-state index in [9.17, 15) is 8.42 Å². The first-order valence-electron chi connectivity index (χ1n) is 8.03. The van der Waals surface area contributed by atoms with Gasteiger partial charge in [-0.2, -0.15) is 0 Å². The zero-order valence-corrected chi connectivity index (χ0v) is 14.4. The van der Waals surface area contributed by atoms with Gasteiger partial charge in [0.1, 0.15) is 4.90 Å². The lowest BCUT2D eigenvalue weighted by Crippen LogP contribution is -2.47. The number of rotatable bonds is 8. The first-order valence-corrected chi connectivity index (χ1v) is 9.51. The number of hydrogen-bond donors (Lipinski definition) is 2. The van der Waals surface area contributed by atoms with Crippen molar-refractivity contribution in [3.8, 4) is 0 Å². The molecule has 23 heavy (non-hydrogen) atoms. The van der Waals surface area contributed by atoms with Gasteiger partial charge in [0.25, 0.3) is 0 Å². The maximum Gasteiger partial charge on any atom is 0.243 e. The highest BCUT2D eigenvalue weighted by atomic mass is 32.2. The summed E-state index contributed by atoms with van der Waals surface area (Å²) in [5.41, 5.74) is 5.36. The van der Waals surface area contributed by atoms with Crippen LogP contribution in [0.5, 0.6) is 0 Å². The molecule has 8 nitrogen and oxygen atoms in total. The molecular weight excluding hydrogens is 316 g/mol. The van der Waals surface area contributed by atoms with E-state index in [1.807, 2.05) is 0 Å². The molecule has 130 valence electrons. The third kappa shape index (κ3) is 5.69. The molecule has 0 aliphatic carbocycles. The number of sulfonamides is 1. The van der Waals surface area contributed by atoms with Crippen molar-refractivity contribution in [3.63, 3.8) is 0 Å². The molecule has 0 aromatic carbocycles. The van der Waals surface area contributed by atoms with Crippen molar-refractivity contribution in [3.05, 3.63) is 12.4 Å². The van der Waals surface area contributed by atoms with Crippen LogP contribution in [0.4, 0.5) is 5.95 Å². The van der Waals surface area contributed by atoms with Crippen LogP contribution in [0.15, 0.2) is 17.3 Å². The Morgan fingerprint density at radius 3 is 2.26 bits per heavy atom. The zero-order chi connectivity index (χ0) is 16.7. The van der Waals surface area contributed by atoms with Gasteiger partial charge in [-0.1, -0.05) is 6.92 Å². The first-order chi connectivity index (χ1) is 11.0. The molecule has 1 aromatic heterocycles. The van der Waals surface area contributed by atoms with Gasteiger partial charge in [-0.05, 0) is 25.9 Å². The zero-order valence-electron chi connectivity index (χ0n) is 13.6. The largest absolute Gasteiger partial charge is 0.368 e. The Kier molecular flexibility index (Phi) is 6.70. The smallest absolute Gasteiger partial charge is 0.243 e. The van der Waals surface area contributed by atoms with E-state index in [1.54, 1.807) is 0 Å². The van der Waals surface area contributed by atoms with E-state index in [0.717, 1.165) is 45.7 Å². The fourth-order valence-corrected chi connectivity index (χ4v) is 3.57. The summed E-state index contributed by atoms with van der Waals surface area (Å²) < 4.78 is 26.7. The highest BCUT2D eigenvalue weighted by molar-refractivity contribution is 7.89. The lowest BCUT2D eigenvalue weighted by atomic mass is 10.3. The second kappa shape index (κ2) is 8.53. The number of aromatic nitrogens is 2. The maximum absolute atomic E-state index is 12.1. The minimum atomic E-state index is -3.55. The molecule has 0 unspecified atom stereocenters.